The molecule has 0 radical (unpaired) electrons. The van der Waals surface area contributed by atoms with Crippen molar-refractivity contribution >= 4 is 34.5 Å². The molecule has 0 saturated carbocycles. The fourth-order valence-corrected chi connectivity index (χ4v) is 6.42. The fourth-order valence-electron chi connectivity index (χ4n) is 6.42. The van der Waals surface area contributed by atoms with Gasteiger partial charge in [-0.1, -0.05) is 67.8 Å². The number of para-hydroxylation sites is 4. The first-order valence-electron chi connectivity index (χ1n) is 14.0. The van der Waals surface area contributed by atoms with Crippen molar-refractivity contribution < 1.29 is 14.2 Å². The summed E-state index contributed by atoms with van der Waals surface area (Å²) in [4.78, 5) is 2.17. The molecule has 5 heteroatoms. The SMILES string of the molecule is C=CC1=C(C=C)N(c2ccc(-c3cc4c5c(c3)Oc3ccccc3B5c3ccccc3O4)c(C)c2)c2ccccc2O1. The summed E-state index contributed by atoms with van der Waals surface area (Å²) in [6, 6.07) is 35.4. The summed E-state index contributed by atoms with van der Waals surface area (Å²) in [5, 5.41) is 0. The van der Waals surface area contributed by atoms with Gasteiger partial charge in [0.25, 0.3) is 6.71 Å². The minimum absolute atomic E-state index is 0.0620. The van der Waals surface area contributed by atoms with E-state index in [0.717, 1.165) is 78.9 Å². The van der Waals surface area contributed by atoms with Gasteiger partial charge in [0.15, 0.2) is 11.5 Å². The van der Waals surface area contributed by atoms with E-state index in [1.54, 1.807) is 6.08 Å². The Kier molecular flexibility index (Phi) is 5.41. The minimum Gasteiger partial charge on any atom is -0.458 e. The Morgan fingerprint density at radius 3 is 1.88 bits per heavy atom. The van der Waals surface area contributed by atoms with Crippen LogP contribution in [0.5, 0.6) is 28.7 Å². The van der Waals surface area contributed by atoms with Gasteiger partial charge in [0.2, 0.25) is 0 Å². The smallest absolute Gasteiger partial charge is 0.260 e. The van der Waals surface area contributed by atoms with E-state index in [9.17, 15) is 0 Å². The Labute approximate surface area is 245 Å². The van der Waals surface area contributed by atoms with E-state index in [1.807, 2.05) is 48.5 Å². The Hall–Kier alpha value is -5.42. The molecule has 0 unspecified atom stereocenters. The number of allylic oxidation sites excluding steroid dienone is 2. The zero-order valence-corrected chi connectivity index (χ0v) is 23.1. The first-order valence-corrected chi connectivity index (χ1v) is 14.0. The first-order chi connectivity index (χ1) is 20.6. The van der Waals surface area contributed by atoms with Gasteiger partial charge in [0, 0.05) is 11.2 Å². The number of rotatable bonds is 4. The maximum absolute atomic E-state index is 6.52. The number of fused-ring (bicyclic) bond motifs is 5. The van der Waals surface area contributed by atoms with Gasteiger partial charge in [-0.05, 0) is 95.2 Å². The highest BCUT2D eigenvalue weighted by Crippen LogP contribution is 2.44. The maximum Gasteiger partial charge on any atom is 0.260 e. The third kappa shape index (κ3) is 3.57. The summed E-state index contributed by atoms with van der Waals surface area (Å²) < 4.78 is 19.2. The van der Waals surface area contributed by atoms with E-state index in [4.69, 9.17) is 14.2 Å². The predicted octanol–water partition coefficient (Wildman–Crippen LogP) is 7.50. The summed E-state index contributed by atoms with van der Waals surface area (Å²) in [7, 11) is 0. The van der Waals surface area contributed by atoms with E-state index in [1.165, 1.54) is 0 Å². The van der Waals surface area contributed by atoms with Crippen LogP contribution in [0.25, 0.3) is 11.1 Å². The average Bonchev–Trinajstić information content (AvgIpc) is 3.03. The highest BCUT2D eigenvalue weighted by atomic mass is 16.5. The molecule has 5 aromatic rings. The van der Waals surface area contributed by atoms with Crippen LogP contribution >= 0.6 is 0 Å². The maximum atomic E-state index is 6.52. The summed E-state index contributed by atoms with van der Waals surface area (Å²) in [5.41, 5.74) is 9.47. The molecule has 200 valence electrons. The molecular formula is C37H26BNO3. The molecule has 0 saturated heterocycles. The van der Waals surface area contributed by atoms with Crippen LogP contribution in [0.3, 0.4) is 0 Å². The molecule has 0 amide bonds. The Bertz CT molecular complexity index is 1920. The molecule has 5 aromatic carbocycles. The number of benzene rings is 5. The molecule has 0 N–H and O–H groups in total. The lowest BCUT2D eigenvalue weighted by molar-refractivity contribution is 0.431. The summed E-state index contributed by atoms with van der Waals surface area (Å²) >= 11 is 0. The van der Waals surface area contributed by atoms with Crippen molar-refractivity contribution in [3.63, 3.8) is 0 Å². The van der Waals surface area contributed by atoms with Gasteiger partial charge < -0.3 is 19.1 Å². The molecule has 0 spiro atoms. The van der Waals surface area contributed by atoms with E-state index in [0.29, 0.717) is 5.76 Å². The third-order valence-electron chi connectivity index (χ3n) is 8.27. The van der Waals surface area contributed by atoms with Crippen LogP contribution in [0.2, 0.25) is 0 Å². The fraction of sp³-hybridized carbons (Fsp3) is 0.0270. The summed E-state index contributed by atoms with van der Waals surface area (Å²) in [6.07, 6.45) is 3.54. The molecular weight excluding hydrogens is 517 g/mol. The Morgan fingerprint density at radius 1 is 0.643 bits per heavy atom. The highest BCUT2D eigenvalue weighted by Gasteiger charge is 2.40. The number of ether oxygens (including phenoxy) is 3. The Morgan fingerprint density at radius 2 is 1.26 bits per heavy atom. The van der Waals surface area contributed by atoms with Crippen LogP contribution in [-0.4, -0.2) is 6.71 Å². The monoisotopic (exact) mass is 543 g/mol. The van der Waals surface area contributed by atoms with Crippen LogP contribution in [0.15, 0.2) is 140 Å². The molecule has 0 aromatic heterocycles. The molecule has 3 aliphatic heterocycles. The van der Waals surface area contributed by atoms with Gasteiger partial charge in [-0.2, -0.15) is 0 Å². The third-order valence-corrected chi connectivity index (χ3v) is 8.27. The molecule has 0 atom stereocenters. The van der Waals surface area contributed by atoms with Crippen LogP contribution in [0.4, 0.5) is 11.4 Å². The molecule has 3 heterocycles. The quantitative estimate of drug-likeness (QED) is 0.215. The molecule has 8 rings (SSSR count). The number of anilines is 2. The topological polar surface area (TPSA) is 30.9 Å². The average molecular weight is 543 g/mol. The van der Waals surface area contributed by atoms with Gasteiger partial charge in [-0.15, -0.1) is 0 Å². The largest absolute Gasteiger partial charge is 0.458 e. The van der Waals surface area contributed by atoms with Crippen molar-refractivity contribution in [1.29, 1.82) is 0 Å². The van der Waals surface area contributed by atoms with Crippen molar-refractivity contribution in [2.24, 2.45) is 0 Å². The lowest BCUT2D eigenvalue weighted by Gasteiger charge is -2.34. The number of nitrogens with zero attached hydrogens (tertiary/aromatic N) is 1. The first kappa shape index (κ1) is 24.4. The minimum atomic E-state index is 0.0620. The van der Waals surface area contributed by atoms with Crippen LogP contribution < -0.4 is 35.5 Å². The second kappa shape index (κ2) is 9.32. The molecule has 0 bridgehead atoms. The van der Waals surface area contributed by atoms with Crippen molar-refractivity contribution in [3.05, 3.63) is 145 Å². The highest BCUT2D eigenvalue weighted by molar-refractivity contribution is 6.98. The van der Waals surface area contributed by atoms with Crippen molar-refractivity contribution in [3.8, 4) is 39.9 Å². The second-order valence-corrected chi connectivity index (χ2v) is 10.7. The Balaban J connectivity index is 1.26. The van der Waals surface area contributed by atoms with E-state index < -0.39 is 0 Å². The zero-order chi connectivity index (χ0) is 28.4. The second-order valence-electron chi connectivity index (χ2n) is 10.7. The normalized spacial score (nSPS) is 13.9. The number of hydrogen-bond acceptors (Lipinski definition) is 4. The molecule has 4 nitrogen and oxygen atoms in total. The number of aryl methyl sites for hydroxylation is 1. The molecule has 42 heavy (non-hydrogen) atoms. The van der Waals surface area contributed by atoms with Gasteiger partial charge in [0.05, 0.1) is 11.4 Å². The van der Waals surface area contributed by atoms with Gasteiger partial charge in [0.1, 0.15) is 23.0 Å². The lowest BCUT2D eigenvalue weighted by atomic mass is 9.35. The predicted molar refractivity (Wildman–Crippen MR) is 171 cm³/mol. The van der Waals surface area contributed by atoms with Crippen LogP contribution in [0.1, 0.15) is 5.56 Å². The van der Waals surface area contributed by atoms with E-state index >= 15 is 0 Å². The molecule has 3 aliphatic rings. The van der Waals surface area contributed by atoms with Crippen molar-refractivity contribution in [2.45, 2.75) is 6.92 Å². The van der Waals surface area contributed by atoms with E-state index in [-0.39, 0.29) is 6.71 Å². The van der Waals surface area contributed by atoms with Crippen LogP contribution in [-0.2, 0) is 0 Å². The van der Waals surface area contributed by atoms with Crippen molar-refractivity contribution in [2.75, 3.05) is 4.90 Å². The zero-order valence-electron chi connectivity index (χ0n) is 23.1. The molecule has 0 fully saturated rings. The summed E-state index contributed by atoms with van der Waals surface area (Å²) in [5.74, 6) is 4.88. The van der Waals surface area contributed by atoms with Gasteiger partial charge >= 0.3 is 0 Å². The lowest BCUT2D eigenvalue weighted by Crippen LogP contribution is -2.57. The van der Waals surface area contributed by atoms with Gasteiger partial charge in [-0.3, -0.25) is 0 Å². The number of hydrogen-bond donors (Lipinski definition) is 0. The molecule has 0 aliphatic carbocycles. The van der Waals surface area contributed by atoms with E-state index in [2.05, 4.69) is 85.6 Å². The van der Waals surface area contributed by atoms with Crippen molar-refractivity contribution in [1.82, 2.24) is 0 Å². The standard InChI is InChI=1S/C37H26BNO3/c1-4-29-31(5-2)40-34-17-11-8-14-30(34)39(29)25-18-19-26(23(3)20-25)24-21-35-37-36(22-24)42-33-16-10-7-13-28(33)38(37)27-12-6-9-15-32(27)41-35/h4-22H,1-2H2,3H3. The van der Waals surface area contributed by atoms with Crippen LogP contribution in [0, 0.1) is 6.92 Å². The van der Waals surface area contributed by atoms with Gasteiger partial charge in [-0.25, -0.2) is 0 Å². The summed E-state index contributed by atoms with van der Waals surface area (Å²) in [6.45, 7) is 10.2.